The predicted molar refractivity (Wildman–Crippen MR) is 109 cm³/mol. The van der Waals surface area contributed by atoms with Crippen molar-refractivity contribution in [2.24, 2.45) is 0 Å². The maximum absolute atomic E-state index is 11.7. The molecule has 26 heavy (non-hydrogen) atoms. The smallest absolute Gasteiger partial charge is 0.308 e. The summed E-state index contributed by atoms with van der Waals surface area (Å²) in [6.45, 7) is 3.01. The third-order valence-electron chi connectivity index (χ3n) is 5.39. The van der Waals surface area contributed by atoms with E-state index >= 15 is 0 Å². The van der Waals surface area contributed by atoms with E-state index in [1.54, 1.807) is 0 Å². The van der Waals surface area contributed by atoms with Crippen LogP contribution in [0.1, 0.15) is 129 Å². The summed E-state index contributed by atoms with van der Waals surface area (Å²) in [6.07, 6.45) is 23.5. The molecule has 1 rings (SSSR count). The van der Waals surface area contributed by atoms with Crippen LogP contribution in [-0.4, -0.2) is 18.9 Å². The second-order valence-electron chi connectivity index (χ2n) is 7.99. The van der Waals surface area contributed by atoms with Crippen LogP contribution in [-0.2, 0) is 14.3 Å². The Morgan fingerprint density at radius 2 is 1.27 bits per heavy atom. The van der Waals surface area contributed by atoms with Crippen molar-refractivity contribution in [2.75, 3.05) is 6.61 Å². The number of ether oxygens (including phenoxy) is 2. The maximum atomic E-state index is 11.7. The highest BCUT2D eigenvalue weighted by molar-refractivity contribution is 5.69. The van der Waals surface area contributed by atoms with Gasteiger partial charge in [0.1, 0.15) is 0 Å². The average molecular weight is 369 g/mol. The number of carbonyl (C=O) groups excluding carboxylic acids is 1. The first-order chi connectivity index (χ1) is 12.8. The molecule has 1 saturated heterocycles. The summed E-state index contributed by atoms with van der Waals surface area (Å²) in [6, 6.07) is 0. The van der Waals surface area contributed by atoms with E-state index in [0.717, 1.165) is 38.7 Å². The molecule has 1 aliphatic rings. The van der Waals surface area contributed by atoms with Gasteiger partial charge in [0, 0.05) is 12.8 Å². The predicted octanol–water partition coefficient (Wildman–Crippen LogP) is 7.32. The second-order valence-corrected chi connectivity index (χ2v) is 7.99. The van der Waals surface area contributed by atoms with Gasteiger partial charge in [0.15, 0.2) is 0 Å². The molecule has 0 saturated carbocycles. The lowest BCUT2D eigenvalue weighted by atomic mass is 10.0. The molecule has 0 aromatic rings. The summed E-state index contributed by atoms with van der Waals surface area (Å²) in [5.74, 6) is -0.0772. The molecule has 0 N–H and O–H groups in total. The lowest BCUT2D eigenvalue weighted by Gasteiger charge is -2.22. The summed E-state index contributed by atoms with van der Waals surface area (Å²) in [5.41, 5.74) is 0. The van der Waals surface area contributed by atoms with Crippen molar-refractivity contribution in [3.05, 3.63) is 0 Å². The minimum atomic E-state index is -0.271. The molecule has 3 nitrogen and oxygen atoms in total. The van der Waals surface area contributed by atoms with Crippen molar-refractivity contribution >= 4 is 5.97 Å². The lowest BCUT2D eigenvalue weighted by Crippen LogP contribution is -2.25. The molecule has 0 bridgehead atoms. The van der Waals surface area contributed by atoms with E-state index < -0.39 is 0 Å². The van der Waals surface area contributed by atoms with Gasteiger partial charge in [-0.2, -0.15) is 0 Å². The van der Waals surface area contributed by atoms with E-state index in [2.05, 4.69) is 6.92 Å². The van der Waals surface area contributed by atoms with Crippen molar-refractivity contribution < 1.29 is 14.3 Å². The van der Waals surface area contributed by atoms with Gasteiger partial charge in [-0.1, -0.05) is 96.8 Å². The van der Waals surface area contributed by atoms with Crippen LogP contribution in [0, 0.1) is 0 Å². The molecule has 0 aromatic carbocycles. The summed E-state index contributed by atoms with van der Waals surface area (Å²) in [7, 11) is 0. The SMILES string of the molecule is CCCCCCCCCCCCCCCCCC(=O)OC1CCCCO1. The van der Waals surface area contributed by atoms with Gasteiger partial charge in [-0.15, -0.1) is 0 Å². The van der Waals surface area contributed by atoms with Crippen LogP contribution in [0.25, 0.3) is 0 Å². The van der Waals surface area contributed by atoms with Crippen molar-refractivity contribution in [3.63, 3.8) is 0 Å². The molecule has 1 heterocycles. The number of hydrogen-bond acceptors (Lipinski definition) is 3. The highest BCUT2D eigenvalue weighted by Crippen LogP contribution is 2.16. The zero-order valence-corrected chi connectivity index (χ0v) is 17.4. The molecule has 3 heteroatoms. The molecule has 0 spiro atoms. The molecule has 0 amide bonds. The van der Waals surface area contributed by atoms with E-state index in [9.17, 15) is 4.79 Å². The molecule has 1 fully saturated rings. The van der Waals surface area contributed by atoms with Crippen molar-refractivity contribution in [1.29, 1.82) is 0 Å². The zero-order chi connectivity index (χ0) is 18.7. The maximum Gasteiger partial charge on any atom is 0.308 e. The Bertz CT molecular complexity index is 311. The number of unbranched alkanes of at least 4 members (excludes halogenated alkanes) is 14. The van der Waals surface area contributed by atoms with Gasteiger partial charge < -0.3 is 9.47 Å². The third kappa shape index (κ3) is 14.6. The largest absolute Gasteiger partial charge is 0.436 e. The minimum absolute atomic E-state index is 0.0772. The molecule has 1 unspecified atom stereocenters. The molecule has 1 atom stereocenters. The average Bonchev–Trinajstić information content (AvgIpc) is 2.65. The highest BCUT2D eigenvalue weighted by Gasteiger charge is 2.17. The Labute approximate surface area is 162 Å². The minimum Gasteiger partial charge on any atom is -0.436 e. The zero-order valence-electron chi connectivity index (χ0n) is 17.4. The van der Waals surface area contributed by atoms with Crippen LogP contribution < -0.4 is 0 Å². The van der Waals surface area contributed by atoms with Crippen LogP contribution in [0.2, 0.25) is 0 Å². The van der Waals surface area contributed by atoms with Gasteiger partial charge >= 0.3 is 5.97 Å². The third-order valence-corrected chi connectivity index (χ3v) is 5.39. The van der Waals surface area contributed by atoms with Crippen LogP contribution in [0.4, 0.5) is 0 Å². The van der Waals surface area contributed by atoms with Crippen LogP contribution in [0.15, 0.2) is 0 Å². The second kappa shape index (κ2) is 17.8. The standard InChI is InChI=1S/C23H44O3/c1-2-3-4-5-6-7-8-9-10-11-12-13-14-15-16-19-22(24)26-23-20-17-18-21-25-23/h23H,2-21H2,1H3. The number of hydrogen-bond donors (Lipinski definition) is 0. The number of carbonyl (C=O) groups is 1. The fourth-order valence-electron chi connectivity index (χ4n) is 3.65. The van der Waals surface area contributed by atoms with E-state index in [1.165, 1.54) is 83.5 Å². The topological polar surface area (TPSA) is 35.5 Å². The monoisotopic (exact) mass is 368 g/mol. The highest BCUT2D eigenvalue weighted by atomic mass is 16.7. The van der Waals surface area contributed by atoms with E-state index in [0.29, 0.717) is 6.42 Å². The molecular weight excluding hydrogens is 324 g/mol. The first-order valence-electron chi connectivity index (χ1n) is 11.6. The van der Waals surface area contributed by atoms with E-state index in [-0.39, 0.29) is 12.3 Å². The van der Waals surface area contributed by atoms with Gasteiger partial charge in [-0.05, 0) is 19.3 Å². The van der Waals surface area contributed by atoms with Gasteiger partial charge in [-0.25, -0.2) is 0 Å². The molecular formula is C23H44O3. The van der Waals surface area contributed by atoms with Crippen LogP contribution in [0.5, 0.6) is 0 Å². The quantitative estimate of drug-likeness (QED) is 0.199. The van der Waals surface area contributed by atoms with Gasteiger partial charge in [0.25, 0.3) is 0 Å². The van der Waals surface area contributed by atoms with Crippen molar-refractivity contribution in [1.82, 2.24) is 0 Å². The van der Waals surface area contributed by atoms with Crippen LogP contribution in [0.3, 0.4) is 0 Å². The summed E-state index contributed by atoms with van der Waals surface area (Å²) < 4.78 is 10.8. The van der Waals surface area contributed by atoms with E-state index in [4.69, 9.17) is 9.47 Å². The Morgan fingerprint density at radius 3 is 1.73 bits per heavy atom. The summed E-state index contributed by atoms with van der Waals surface area (Å²) in [4.78, 5) is 11.7. The van der Waals surface area contributed by atoms with Crippen molar-refractivity contribution in [2.45, 2.75) is 135 Å². The van der Waals surface area contributed by atoms with Crippen LogP contribution >= 0.6 is 0 Å². The molecule has 154 valence electrons. The Hall–Kier alpha value is -0.570. The Morgan fingerprint density at radius 1 is 0.769 bits per heavy atom. The van der Waals surface area contributed by atoms with Gasteiger partial charge in [0.2, 0.25) is 6.29 Å². The van der Waals surface area contributed by atoms with Crippen molar-refractivity contribution in [3.8, 4) is 0 Å². The number of rotatable bonds is 17. The molecule has 0 aromatic heterocycles. The lowest BCUT2D eigenvalue weighted by molar-refractivity contribution is -0.186. The number of esters is 1. The van der Waals surface area contributed by atoms with E-state index in [1.807, 2.05) is 0 Å². The fraction of sp³-hybridized carbons (Fsp3) is 0.957. The molecule has 1 aliphatic heterocycles. The first kappa shape index (κ1) is 23.5. The summed E-state index contributed by atoms with van der Waals surface area (Å²) in [5, 5.41) is 0. The summed E-state index contributed by atoms with van der Waals surface area (Å²) >= 11 is 0. The Balaban J connectivity index is 1.73. The van der Waals surface area contributed by atoms with Gasteiger partial charge in [0.05, 0.1) is 6.61 Å². The van der Waals surface area contributed by atoms with Gasteiger partial charge in [-0.3, -0.25) is 4.79 Å². The Kier molecular flexibility index (Phi) is 16.1. The normalized spacial score (nSPS) is 17.3. The molecule has 0 aliphatic carbocycles. The molecule has 0 radical (unpaired) electrons. The fourth-order valence-corrected chi connectivity index (χ4v) is 3.65. The first-order valence-corrected chi connectivity index (χ1v) is 11.6.